The highest BCUT2D eigenvalue weighted by Gasteiger charge is 2.16. The van der Waals surface area contributed by atoms with Gasteiger partial charge in [-0.05, 0) is 51.1 Å². The zero-order chi connectivity index (χ0) is 14.7. The SMILES string of the molecule is CCOc1ccc(-n2c(C)cc(C(=O)OC)c2C)cc1. The van der Waals surface area contributed by atoms with E-state index in [4.69, 9.17) is 9.47 Å². The Kier molecular flexibility index (Phi) is 4.13. The van der Waals surface area contributed by atoms with E-state index in [2.05, 4.69) is 0 Å². The van der Waals surface area contributed by atoms with Crippen LogP contribution in [0.2, 0.25) is 0 Å². The van der Waals surface area contributed by atoms with Crippen LogP contribution in [0.15, 0.2) is 30.3 Å². The summed E-state index contributed by atoms with van der Waals surface area (Å²) in [6.07, 6.45) is 0. The third-order valence-corrected chi connectivity index (χ3v) is 3.24. The maximum Gasteiger partial charge on any atom is 0.339 e. The largest absolute Gasteiger partial charge is 0.494 e. The number of ether oxygens (including phenoxy) is 2. The van der Waals surface area contributed by atoms with Gasteiger partial charge >= 0.3 is 5.97 Å². The lowest BCUT2D eigenvalue weighted by Gasteiger charge is -2.11. The Balaban J connectivity index is 2.42. The molecule has 106 valence electrons. The fourth-order valence-electron chi connectivity index (χ4n) is 2.33. The molecule has 0 fully saturated rings. The highest BCUT2D eigenvalue weighted by Crippen LogP contribution is 2.23. The van der Waals surface area contributed by atoms with Crippen LogP contribution in [0.4, 0.5) is 0 Å². The van der Waals surface area contributed by atoms with Crippen LogP contribution < -0.4 is 4.74 Å². The van der Waals surface area contributed by atoms with Gasteiger partial charge in [0.2, 0.25) is 0 Å². The van der Waals surface area contributed by atoms with E-state index in [1.54, 1.807) is 0 Å². The van der Waals surface area contributed by atoms with Crippen molar-refractivity contribution in [3.05, 3.63) is 47.3 Å². The minimum absolute atomic E-state index is 0.310. The van der Waals surface area contributed by atoms with Gasteiger partial charge in [0, 0.05) is 17.1 Å². The van der Waals surface area contributed by atoms with Crippen molar-refractivity contribution in [2.24, 2.45) is 0 Å². The minimum Gasteiger partial charge on any atom is -0.494 e. The van der Waals surface area contributed by atoms with E-state index in [9.17, 15) is 4.79 Å². The topological polar surface area (TPSA) is 40.5 Å². The zero-order valence-electron chi connectivity index (χ0n) is 12.3. The van der Waals surface area contributed by atoms with Crippen LogP contribution in [0.3, 0.4) is 0 Å². The number of aromatic nitrogens is 1. The molecule has 0 saturated carbocycles. The third kappa shape index (κ3) is 2.54. The summed E-state index contributed by atoms with van der Waals surface area (Å²) in [5.41, 5.74) is 3.46. The molecule has 0 aliphatic rings. The van der Waals surface area contributed by atoms with E-state index in [0.717, 1.165) is 22.8 Å². The van der Waals surface area contributed by atoms with Crippen molar-refractivity contribution in [2.75, 3.05) is 13.7 Å². The van der Waals surface area contributed by atoms with E-state index in [1.165, 1.54) is 7.11 Å². The van der Waals surface area contributed by atoms with E-state index in [1.807, 2.05) is 55.7 Å². The molecule has 20 heavy (non-hydrogen) atoms. The third-order valence-electron chi connectivity index (χ3n) is 3.24. The zero-order valence-corrected chi connectivity index (χ0v) is 12.3. The Morgan fingerprint density at radius 2 is 1.85 bits per heavy atom. The van der Waals surface area contributed by atoms with Gasteiger partial charge < -0.3 is 14.0 Å². The van der Waals surface area contributed by atoms with Gasteiger partial charge in [-0.3, -0.25) is 0 Å². The summed E-state index contributed by atoms with van der Waals surface area (Å²) in [5, 5.41) is 0. The molecule has 0 unspecified atom stereocenters. The van der Waals surface area contributed by atoms with Crippen LogP contribution in [0, 0.1) is 13.8 Å². The van der Waals surface area contributed by atoms with Crippen LogP contribution in [-0.4, -0.2) is 24.3 Å². The fraction of sp³-hybridized carbons (Fsp3) is 0.312. The van der Waals surface area contributed by atoms with Gasteiger partial charge in [0.1, 0.15) is 5.75 Å². The number of hydrogen-bond acceptors (Lipinski definition) is 3. The van der Waals surface area contributed by atoms with Gasteiger partial charge in [-0.15, -0.1) is 0 Å². The highest BCUT2D eigenvalue weighted by molar-refractivity contribution is 5.91. The molecule has 0 atom stereocenters. The Labute approximate surface area is 118 Å². The van der Waals surface area contributed by atoms with Crippen molar-refractivity contribution in [3.8, 4) is 11.4 Å². The molecule has 0 bridgehead atoms. The molecule has 1 aromatic carbocycles. The number of methoxy groups -OCH3 is 1. The smallest absolute Gasteiger partial charge is 0.339 e. The normalized spacial score (nSPS) is 10.4. The van der Waals surface area contributed by atoms with Gasteiger partial charge in [0.15, 0.2) is 0 Å². The van der Waals surface area contributed by atoms with Crippen molar-refractivity contribution >= 4 is 5.97 Å². The van der Waals surface area contributed by atoms with Crippen LogP contribution in [0.5, 0.6) is 5.75 Å². The van der Waals surface area contributed by atoms with E-state index in [-0.39, 0.29) is 5.97 Å². The van der Waals surface area contributed by atoms with Crippen molar-refractivity contribution in [1.29, 1.82) is 0 Å². The van der Waals surface area contributed by atoms with Crippen molar-refractivity contribution < 1.29 is 14.3 Å². The number of carbonyl (C=O) groups excluding carboxylic acids is 1. The Hall–Kier alpha value is -2.23. The maximum atomic E-state index is 11.7. The van der Waals surface area contributed by atoms with Crippen LogP contribution >= 0.6 is 0 Å². The Morgan fingerprint density at radius 3 is 2.40 bits per heavy atom. The second kappa shape index (κ2) is 5.82. The van der Waals surface area contributed by atoms with Gasteiger partial charge in [-0.25, -0.2) is 4.79 Å². The van der Waals surface area contributed by atoms with Gasteiger partial charge in [0.05, 0.1) is 19.3 Å². The summed E-state index contributed by atoms with van der Waals surface area (Å²) in [4.78, 5) is 11.7. The molecular formula is C16H19NO3. The number of aryl methyl sites for hydroxylation is 1. The van der Waals surface area contributed by atoms with Crippen molar-refractivity contribution in [2.45, 2.75) is 20.8 Å². The average Bonchev–Trinajstić information content (AvgIpc) is 2.75. The van der Waals surface area contributed by atoms with Gasteiger partial charge in [-0.1, -0.05) is 0 Å². The number of esters is 1. The molecule has 2 aromatic rings. The summed E-state index contributed by atoms with van der Waals surface area (Å²) in [7, 11) is 1.39. The molecule has 4 heteroatoms. The predicted octanol–water partition coefficient (Wildman–Crippen LogP) is 3.28. The molecule has 0 N–H and O–H groups in total. The molecule has 4 nitrogen and oxygen atoms in total. The number of rotatable bonds is 4. The number of hydrogen-bond donors (Lipinski definition) is 0. The number of carbonyl (C=O) groups is 1. The van der Waals surface area contributed by atoms with Crippen molar-refractivity contribution in [1.82, 2.24) is 4.57 Å². The first-order chi connectivity index (χ1) is 9.58. The summed E-state index contributed by atoms with van der Waals surface area (Å²) in [6, 6.07) is 9.65. The molecule has 1 heterocycles. The van der Waals surface area contributed by atoms with Crippen LogP contribution in [0.25, 0.3) is 5.69 Å². The quantitative estimate of drug-likeness (QED) is 0.803. The minimum atomic E-state index is -0.310. The Bertz CT molecular complexity index is 611. The molecule has 2 rings (SSSR count). The molecule has 0 radical (unpaired) electrons. The maximum absolute atomic E-state index is 11.7. The first kappa shape index (κ1) is 14.2. The van der Waals surface area contributed by atoms with Crippen LogP contribution in [0.1, 0.15) is 28.7 Å². The Morgan fingerprint density at radius 1 is 1.20 bits per heavy atom. The lowest BCUT2D eigenvalue weighted by molar-refractivity contribution is 0.0600. The lowest BCUT2D eigenvalue weighted by Crippen LogP contribution is -2.04. The second-order valence-electron chi connectivity index (χ2n) is 4.54. The molecule has 0 saturated heterocycles. The van der Waals surface area contributed by atoms with E-state index >= 15 is 0 Å². The van der Waals surface area contributed by atoms with E-state index in [0.29, 0.717) is 12.2 Å². The van der Waals surface area contributed by atoms with Crippen molar-refractivity contribution in [3.63, 3.8) is 0 Å². The van der Waals surface area contributed by atoms with Gasteiger partial charge in [-0.2, -0.15) is 0 Å². The number of benzene rings is 1. The molecule has 0 aliphatic heterocycles. The van der Waals surface area contributed by atoms with E-state index < -0.39 is 0 Å². The second-order valence-corrected chi connectivity index (χ2v) is 4.54. The van der Waals surface area contributed by atoms with Crippen LogP contribution in [-0.2, 0) is 4.74 Å². The standard InChI is InChI=1S/C16H19NO3/c1-5-20-14-8-6-13(7-9-14)17-11(2)10-15(12(17)3)16(18)19-4/h6-10H,5H2,1-4H3. The molecule has 1 aromatic heterocycles. The number of nitrogens with zero attached hydrogens (tertiary/aromatic N) is 1. The molecule has 0 aliphatic carbocycles. The molecular weight excluding hydrogens is 254 g/mol. The first-order valence-corrected chi connectivity index (χ1v) is 6.59. The molecule has 0 spiro atoms. The summed E-state index contributed by atoms with van der Waals surface area (Å²) < 4.78 is 12.3. The highest BCUT2D eigenvalue weighted by atomic mass is 16.5. The summed E-state index contributed by atoms with van der Waals surface area (Å²) >= 11 is 0. The lowest BCUT2D eigenvalue weighted by atomic mass is 10.2. The first-order valence-electron chi connectivity index (χ1n) is 6.59. The fourth-order valence-corrected chi connectivity index (χ4v) is 2.33. The average molecular weight is 273 g/mol. The summed E-state index contributed by atoms with van der Waals surface area (Å²) in [5.74, 6) is 0.530. The summed E-state index contributed by atoms with van der Waals surface area (Å²) in [6.45, 7) is 6.48. The monoisotopic (exact) mass is 273 g/mol. The van der Waals surface area contributed by atoms with Gasteiger partial charge in [0.25, 0.3) is 0 Å². The predicted molar refractivity (Wildman–Crippen MR) is 77.8 cm³/mol. The molecule has 0 amide bonds.